The molecular formula is C13H22BrN3O. The molecule has 0 atom stereocenters. The van der Waals surface area contributed by atoms with Crippen molar-refractivity contribution >= 4 is 28.6 Å². The fourth-order valence-corrected chi connectivity index (χ4v) is 1.21. The van der Waals surface area contributed by atoms with Crippen LogP contribution in [0.4, 0.5) is 5.69 Å². The van der Waals surface area contributed by atoms with Gasteiger partial charge in [-0.3, -0.25) is 15.6 Å². The van der Waals surface area contributed by atoms with E-state index in [0.29, 0.717) is 0 Å². The summed E-state index contributed by atoms with van der Waals surface area (Å²) < 4.78 is 0. The van der Waals surface area contributed by atoms with E-state index in [4.69, 9.17) is 0 Å². The lowest BCUT2D eigenvalue weighted by Gasteiger charge is -2.17. The SMILES string of the molecule is Br.CNNCc1ccc(NC(=O)C(C)(C)C)cc1. The van der Waals surface area contributed by atoms with Crippen LogP contribution in [0.1, 0.15) is 26.3 Å². The Kier molecular flexibility index (Phi) is 7.13. The van der Waals surface area contributed by atoms with Crippen LogP contribution >= 0.6 is 17.0 Å². The molecule has 102 valence electrons. The van der Waals surface area contributed by atoms with E-state index in [1.807, 2.05) is 52.1 Å². The highest BCUT2D eigenvalue weighted by atomic mass is 79.9. The summed E-state index contributed by atoms with van der Waals surface area (Å²) in [7, 11) is 1.83. The number of nitrogens with one attached hydrogen (secondary N) is 3. The molecule has 0 bridgehead atoms. The van der Waals surface area contributed by atoms with E-state index >= 15 is 0 Å². The summed E-state index contributed by atoms with van der Waals surface area (Å²) in [5.74, 6) is 0.0265. The maximum atomic E-state index is 11.8. The van der Waals surface area contributed by atoms with Crippen molar-refractivity contribution in [3.63, 3.8) is 0 Å². The highest BCUT2D eigenvalue weighted by Crippen LogP contribution is 2.17. The van der Waals surface area contributed by atoms with Gasteiger partial charge in [0.2, 0.25) is 5.91 Å². The topological polar surface area (TPSA) is 53.2 Å². The van der Waals surface area contributed by atoms with Crippen molar-refractivity contribution in [2.24, 2.45) is 5.41 Å². The van der Waals surface area contributed by atoms with Gasteiger partial charge in [-0.25, -0.2) is 0 Å². The molecule has 0 aliphatic carbocycles. The predicted octanol–water partition coefficient (Wildman–Crippen LogP) is 2.47. The highest BCUT2D eigenvalue weighted by Gasteiger charge is 2.20. The standard InChI is InChI=1S/C13H21N3O.BrH/c1-13(2,3)12(17)16-11-7-5-10(6-8-11)9-15-14-4;/h5-8,14-15H,9H2,1-4H3,(H,16,17);1H. The largest absolute Gasteiger partial charge is 0.326 e. The molecule has 0 fully saturated rings. The van der Waals surface area contributed by atoms with Gasteiger partial charge in [0, 0.05) is 17.6 Å². The normalized spacial score (nSPS) is 10.7. The van der Waals surface area contributed by atoms with Crippen molar-refractivity contribution in [1.29, 1.82) is 0 Å². The smallest absolute Gasteiger partial charge is 0.229 e. The van der Waals surface area contributed by atoms with Gasteiger partial charge in [0.25, 0.3) is 0 Å². The summed E-state index contributed by atoms with van der Waals surface area (Å²) in [5, 5.41) is 2.89. The lowest BCUT2D eigenvalue weighted by molar-refractivity contribution is -0.123. The molecule has 18 heavy (non-hydrogen) atoms. The molecule has 0 heterocycles. The molecule has 1 aromatic rings. The minimum absolute atomic E-state index is 0. The Morgan fingerprint density at radius 3 is 2.17 bits per heavy atom. The minimum Gasteiger partial charge on any atom is -0.326 e. The van der Waals surface area contributed by atoms with Crippen LogP contribution in [-0.2, 0) is 11.3 Å². The molecule has 0 spiro atoms. The van der Waals surface area contributed by atoms with E-state index in [-0.39, 0.29) is 28.3 Å². The van der Waals surface area contributed by atoms with Crippen molar-refractivity contribution in [1.82, 2.24) is 10.9 Å². The van der Waals surface area contributed by atoms with Gasteiger partial charge in [-0.15, -0.1) is 17.0 Å². The Hall–Kier alpha value is -0.910. The number of benzene rings is 1. The second-order valence-electron chi connectivity index (χ2n) is 5.00. The number of hydrogen-bond donors (Lipinski definition) is 3. The van der Waals surface area contributed by atoms with Gasteiger partial charge in [-0.2, -0.15) is 0 Å². The van der Waals surface area contributed by atoms with E-state index < -0.39 is 0 Å². The lowest BCUT2D eigenvalue weighted by atomic mass is 9.95. The molecule has 1 rings (SSSR count). The van der Waals surface area contributed by atoms with Crippen LogP contribution in [0.2, 0.25) is 0 Å². The van der Waals surface area contributed by atoms with Crippen molar-refractivity contribution in [2.45, 2.75) is 27.3 Å². The van der Waals surface area contributed by atoms with Crippen LogP contribution in [0.15, 0.2) is 24.3 Å². The first-order valence-corrected chi connectivity index (χ1v) is 5.73. The van der Waals surface area contributed by atoms with Crippen LogP contribution in [0.3, 0.4) is 0 Å². The van der Waals surface area contributed by atoms with Gasteiger partial charge < -0.3 is 5.32 Å². The summed E-state index contributed by atoms with van der Waals surface area (Å²) in [6.07, 6.45) is 0. The van der Waals surface area contributed by atoms with Crippen molar-refractivity contribution < 1.29 is 4.79 Å². The quantitative estimate of drug-likeness (QED) is 0.748. The molecular weight excluding hydrogens is 294 g/mol. The lowest BCUT2D eigenvalue weighted by Crippen LogP contribution is -2.28. The Bertz CT molecular complexity index is 371. The Labute approximate surface area is 119 Å². The highest BCUT2D eigenvalue weighted by molar-refractivity contribution is 8.93. The molecule has 0 saturated heterocycles. The van der Waals surface area contributed by atoms with Crippen LogP contribution in [0, 0.1) is 5.41 Å². The fourth-order valence-electron chi connectivity index (χ4n) is 1.21. The van der Waals surface area contributed by atoms with Gasteiger partial charge in [0.1, 0.15) is 0 Å². The van der Waals surface area contributed by atoms with Crippen LogP contribution in [-0.4, -0.2) is 13.0 Å². The number of anilines is 1. The Balaban J connectivity index is 0.00000289. The van der Waals surface area contributed by atoms with Gasteiger partial charge in [-0.1, -0.05) is 32.9 Å². The molecule has 1 aromatic carbocycles. The molecule has 0 aromatic heterocycles. The Morgan fingerprint density at radius 1 is 1.17 bits per heavy atom. The molecule has 1 amide bonds. The van der Waals surface area contributed by atoms with Crippen LogP contribution in [0.5, 0.6) is 0 Å². The number of carbonyl (C=O) groups excluding carboxylic acids is 1. The van der Waals surface area contributed by atoms with E-state index in [2.05, 4.69) is 16.2 Å². The fraction of sp³-hybridized carbons (Fsp3) is 0.462. The Morgan fingerprint density at radius 2 is 1.72 bits per heavy atom. The third-order valence-electron chi connectivity index (χ3n) is 2.36. The molecule has 0 unspecified atom stereocenters. The zero-order chi connectivity index (χ0) is 12.9. The number of amides is 1. The van der Waals surface area contributed by atoms with Crippen LogP contribution < -0.4 is 16.2 Å². The first-order chi connectivity index (χ1) is 7.93. The predicted molar refractivity (Wildman–Crippen MR) is 80.7 cm³/mol. The molecule has 4 nitrogen and oxygen atoms in total. The number of rotatable bonds is 4. The molecule has 0 aliphatic heterocycles. The third-order valence-corrected chi connectivity index (χ3v) is 2.36. The zero-order valence-corrected chi connectivity index (χ0v) is 13.0. The van der Waals surface area contributed by atoms with E-state index in [1.54, 1.807) is 0 Å². The van der Waals surface area contributed by atoms with Crippen molar-refractivity contribution in [3.05, 3.63) is 29.8 Å². The van der Waals surface area contributed by atoms with Gasteiger partial charge in [0.05, 0.1) is 0 Å². The summed E-state index contributed by atoms with van der Waals surface area (Å²) in [5.41, 5.74) is 7.50. The van der Waals surface area contributed by atoms with Gasteiger partial charge >= 0.3 is 0 Å². The second kappa shape index (κ2) is 7.51. The first-order valence-electron chi connectivity index (χ1n) is 5.73. The number of hydrazine groups is 1. The number of hydrogen-bond acceptors (Lipinski definition) is 3. The number of carbonyl (C=O) groups is 1. The third kappa shape index (κ3) is 5.62. The van der Waals surface area contributed by atoms with Crippen molar-refractivity contribution in [3.8, 4) is 0 Å². The first kappa shape index (κ1) is 17.1. The maximum Gasteiger partial charge on any atom is 0.229 e. The van der Waals surface area contributed by atoms with Crippen molar-refractivity contribution in [2.75, 3.05) is 12.4 Å². The monoisotopic (exact) mass is 315 g/mol. The van der Waals surface area contributed by atoms with E-state index in [0.717, 1.165) is 17.8 Å². The van der Waals surface area contributed by atoms with Crippen LogP contribution in [0.25, 0.3) is 0 Å². The second-order valence-corrected chi connectivity index (χ2v) is 5.00. The average molecular weight is 316 g/mol. The molecule has 0 saturated carbocycles. The summed E-state index contributed by atoms with van der Waals surface area (Å²) >= 11 is 0. The van der Waals surface area contributed by atoms with Gasteiger partial charge in [0.15, 0.2) is 0 Å². The van der Waals surface area contributed by atoms with E-state index in [1.165, 1.54) is 0 Å². The maximum absolute atomic E-state index is 11.8. The molecule has 0 aliphatic rings. The molecule has 0 radical (unpaired) electrons. The minimum atomic E-state index is -0.369. The van der Waals surface area contributed by atoms with E-state index in [9.17, 15) is 4.79 Å². The zero-order valence-electron chi connectivity index (χ0n) is 11.3. The summed E-state index contributed by atoms with van der Waals surface area (Å²) in [6, 6.07) is 7.80. The van der Waals surface area contributed by atoms with Gasteiger partial charge in [-0.05, 0) is 24.7 Å². The summed E-state index contributed by atoms with van der Waals surface area (Å²) in [4.78, 5) is 11.8. The number of halogens is 1. The molecule has 5 heteroatoms. The summed E-state index contributed by atoms with van der Waals surface area (Å²) in [6.45, 7) is 6.44. The average Bonchev–Trinajstić information content (AvgIpc) is 2.27. The molecule has 3 N–H and O–H groups in total.